The number of nitrogens with one attached hydrogen (secondary N) is 1. The molecule has 0 saturated heterocycles. The topological polar surface area (TPSA) is 47.0 Å². The zero-order valence-corrected chi connectivity index (χ0v) is 11.7. The molecule has 0 amide bonds. The van der Waals surface area contributed by atoms with Crippen molar-refractivity contribution >= 4 is 17.5 Å². The normalized spacial score (nSPS) is 16.7. The molecular weight excluding hydrogens is 250 g/mol. The van der Waals surface area contributed by atoms with Crippen molar-refractivity contribution < 1.29 is 4.74 Å². The molecule has 0 bridgehead atoms. The molecule has 1 aromatic heterocycles. The highest BCUT2D eigenvalue weighted by Crippen LogP contribution is 2.48. The fourth-order valence-corrected chi connectivity index (χ4v) is 2.29. The Morgan fingerprint density at radius 3 is 2.89 bits per heavy atom. The van der Waals surface area contributed by atoms with Crippen molar-refractivity contribution in [2.75, 3.05) is 17.7 Å². The molecule has 4 nitrogen and oxygen atoms in total. The van der Waals surface area contributed by atoms with Crippen molar-refractivity contribution in [2.24, 2.45) is 5.41 Å². The maximum absolute atomic E-state index is 5.81. The number of hydrogen-bond acceptors (Lipinski definition) is 4. The number of alkyl halides is 1. The number of nitrogens with zero attached hydrogens (tertiary/aromatic N) is 2. The molecule has 0 aromatic carbocycles. The van der Waals surface area contributed by atoms with E-state index in [1.807, 2.05) is 13.8 Å². The summed E-state index contributed by atoms with van der Waals surface area (Å²) in [5.41, 5.74) is 0.375. The maximum atomic E-state index is 5.81. The minimum atomic E-state index is 0.124. The number of hydrogen-bond donors (Lipinski definition) is 1. The first-order valence-electron chi connectivity index (χ1n) is 6.43. The highest BCUT2D eigenvalue weighted by atomic mass is 35.5. The van der Waals surface area contributed by atoms with Gasteiger partial charge in [-0.3, -0.25) is 0 Å². The van der Waals surface area contributed by atoms with Gasteiger partial charge in [0, 0.05) is 24.7 Å². The molecule has 2 rings (SSSR count). The molecule has 1 aliphatic rings. The SMILES string of the molecule is CC(C)Oc1ccnc(NCC2(CCCl)CC2)n1. The number of aromatic nitrogens is 2. The molecular formula is C13H20ClN3O. The molecule has 0 radical (unpaired) electrons. The van der Waals surface area contributed by atoms with Crippen LogP contribution in [0.4, 0.5) is 5.95 Å². The highest BCUT2D eigenvalue weighted by molar-refractivity contribution is 6.17. The summed E-state index contributed by atoms with van der Waals surface area (Å²) in [5.74, 6) is 1.97. The molecule has 0 spiro atoms. The predicted octanol–water partition coefficient (Wildman–Crippen LogP) is 3.08. The fourth-order valence-electron chi connectivity index (χ4n) is 1.89. The summed E-state index contributed by atoms with van der Waals surface area (Å²) in [7, 11) is 0. The van der Waals surface area contributed by atoms with Crippen LogP contribution in [-0.4, -0.2) is 28.5 Å². The van der Waals surface area contributed by atoms with Crippen LogP contribution in [0.3, 0.4) is 0 Å². The Balaban J connectivity index is 1.89. The second kappa shape index (κ2) is 5.74. The van der Waals surface area contributed by atoms with Crippen LogP contribution in [0.25, 0.3) is 0 Å². The van der Waals surface area contributed by atoms with Gasteiger partial charge in [-0.05, 0) is 38.5 Å². The number of halogens is 1. The molecule has 1 aliphatic carbocycles. The van der Waals surface area contributed by atoms with E-state index >= 15 is 0 Å². The monoisotopic (exact) mass is 269 g/mol. The first-order chi connectivity index (χ1) is 8.63. The third-order valence-electron chi connectivity index (χ3n) is 3.19. The van der Waals surface area contributed by atoms with Crippen LogP contribution in [0.5, 0.6) is 5.88 Å². The lowest BCUT2D eigenvalue weighted by atomic mass is 10.0. The Kier molecular flexibility index (Phi) is 4.27. The first kappa shape index (κ1) is 13.4. The van der Waals surface area contributed by atoms with Gasteiger partial charge in [0.25, 0.3) is 0 Å². The van der Waals surface area contributed by atoms with Gasteiger partial charge in [0.15, 0.2) is 0 Å². The van der Waals surface area contributed by atoms with E-state index in [1.54, 1.807) is 12.3 Å². The van der Waals surface area contributed by atoms with Crippen molar-refractivity contribution in [3.63, 3.8) is 0 Å². The molecule has 1 aromatic rings. The van der Waals surface area contributed by atoms with Crippen LogP contribution in [0.1, 0.15) is 33.1 Å². The van der Waals surface area contributed by atoms with E-state index in [1.165, 1.54) is 12.8 Å². The molecule has 0 atom stereocenters. The molecule has 5 heteroatoms. The van der Waals surface area contributed by atoms with Gasteiger partial charge in [0.05, 0.1) is 6.10 Å². The first-order valence-corrected chi connectivity index (χ1v) is 6.97. The van der Waals surface area contributed by atoms with E-state index in [-0.39, 0.29) is 6.10 Å². The minimum Gasteiger partial charge on any atom is -0.475 e. The van der Waals surface area contributed by atoms with E-state index in [0.717, 1.165) is 18.8 Å². The van der Waals surface area contributed by atoms with Gasteiger partial charge < -0.3 is 10.1 Å². The zero-order chi connectivity index (χ0) is 13.0. The molecule has 0 unspecified atom stereocenters. The van der Waals surface area contributed by atoms with E-state index in [9.17, 15) is 0 Å². The van der Waals surface area contributed by atoms with Crippen molar-refractivity contribution in [3.8, 4) is 5.88 Å². The average molecular weight is 270 g/mol. The van der Waals surface area contributed by atoms with Gasteiger partial charge in [-0.25, -0.2) is 4.98 Å². The van der Waals surface area contributed by atoms with Crippen LogP contribution < -0.4 is 10.1 Å². The van der Waals surface area contributed by atoms with Crippen molar-refractivity contribution in [1.29, 1.82) is 0 Å². The molecule has 1 heterocycles. The van der Waals surface area contributed by atoms with Gasteiger partial charge in [-0.1, -0.05) is 0 Å². The third kappa shape index (κ3) is 3.73. The minimum absolute atomic E-state index is 0.124. The largest absolute Gasteiger partial charge is 0.475 e. The average Bonchev–Trinajstić information content (AvgIpc) is 3.07. The lowest BCUT2D eigenvalue weighted by molar-refractivity contribution is 0.232. The molecule has 1 N–H and O–H groups in total. The van der Waals surface area contributed by atoms with E-state index in [2.05, 4.69) is 15.3 Å². The molecule has 18 heavy (non-hydrogen) atoms. The fraction of sp³-hybridized carbons (Fsp3) is 0.692. The molecule has 0 aliphatic heterocycles. The summed E-state index contributed by atoms with van der Waals surface area (Å²) in [4.78, 5) is 8.53. The quantitative estimate of drug-likeness (QED) is 0.773. The van der Waals surface area contributed by atoms with Crippen molar-refractivity contribution in [2.45, 2.75) is 39.2 Å². The van der Waals surface area contributed by atoms with Gasteiger partial charge in [-0.2, -0.15) is 4.98 Å². The zero-order valence-electron chi connectivity index (χ0n) is 10.9. The summed E-state index contributed by atoms with van der Waals surface area (Å²) in [6.45, 7) is 4.86. The third-order valence-corrected chi connectivity index (χ3v) is 3.38. The second-order valence-corrected chi connectivity index (χ2v) is 5.56. The van der Waals surface area contributed by atoms with Gasteiger partial charge >= 0.3 is 0 Å². The summed E-state index contributed by atoms with van der Waals surface area (Å²) in [6, 6.07) is 1.77. The van der Waals surface area contributed by atoms with Crippen LogP contribution in [0, 0.1) is 5.41 Å². The predicted molar refractivity (Wildman–Crippen MR) is 73.3 cm³/mol. The summed E-state index contributed by atoms with van der Waals surface area (Å²) in [6.07, 6.45) is 5.39. The van der Waals surface area contributed by atoms with Crippen molar-refractivity contribution in [1.82, 2.24) is 9.97 Å². The van der Waals surface area contributed by atoms with E-state index < -0.39 is 0 Å². The second-order valence-electron chi connectivity index (χ2n) is 5.18. The number of rotatable bonds is 7. The van der Waals surface area contributed by atoms with Gasteiger partial charge in [-0.15, -0.1) is 11.6 Å². The Labute approximate surface area is 113 Å². The van der Waals surface area contributed by atoms with E-state index in [0.29, 0.717) is 17.2 Å². The Morgan fingerprint density at radius 1 is 1.50 bits per heavy atom. The molecule has 100 valence electrons. The lowest BCUT2D eigenvalue weighted by Crippen LogP contribution is -2.17. The summed E-state index contributed by atoms with van der Waals surface area (Å²) >= 11 is 5.81. The Hall–Kier alpha value is -1.03. The number of ether oxygens (including phenoxy) is 1. The van der Waals surface area contributed by atoms with Crippen LogP contribution in [0.2, 0.25) is 0 Å². The van der Waals surface area contributed by atoms with Crippen LogP contribution in [0.15, 0.2) is 12.3 Å². The van der Waals surface area contributed by atoms with Crippen LogP contribution in [-0.2, 0) is 0 Å². The smallest absolute Gasteiger partial charge is 0.225 e. The van der Waals surface area contributed by atoms with Crippen LogP contribution >= 0.6 is 11.6 Å². The lowest BCUT2D eigenvalue weighted by Gasteiger charge is -2.15. The standard InChI is InChI=1S/C13H20ClN3O/c1-10(2)18-11-3-8-15-12(17-11)16-9-13(4-5-13)6-7-14/h3,8,10H,4-7,9H2,1-2H3,(H,15,16,17). The van der Waals surface area contributed by atoms with E-state index in [4.69, 9.17) is 16.3 Å². The van der Waals surface area contributed by atoms with Gasteiger partial charge in [0.2, 0.25) is 11.8 Å². The molecule has 1 saturated carbocycles. The molecule has 1 fully saturated rings. The van der Waals surface area contributed by atoms with Gasteiger partial charge in [0.1, 0.15) is 0 Å². The summed E-state index contributed by atoms with van der Waals surface area (Å²) < 4.78 is 5.54. The highest BCUT2D eigenvalue weighted by Gasteiger charge is 2.41. The maximum Gasteiger partial charge on any atom is 0.225 e. The summed E-state index contributed by atoms with van der Waals surface area (Å²) in [5, 5.41) is 3.29. The Bertz CT molecular complexity index is 394. The number of anilines is 1. The van der Waals surface area contributed by atoms with Crippen molar-refractivity contribution in [3.05, 3.63) is 12.3 Å². The Morgan fingerprint density at radius 2 is 2.28 bits per heavy atom.